The molecule has 0 saturated carbocycles. The molecule has 7 nitrogen and oxygen atoms in total. The molecule has 0 spiro atoms. The third-order valence-corrected chi connectivity index (χ3v) is 3.33. The van der Waals surface area contributed by atoms with Gasteiger partial charge in [-0.1, -0.05) is 12.1 Å². The molecule has 22 heavy (non-hydrogen) atoms. The summed E-state index contributed by atoms with van der Waals surface area (Å²) in [5, 5.41) is 5.11. The fourth-order valence-electron chi connectivity index (χ4n) is 2.16. The molecule has 0 aliphatic heterocycles. The van der Waals surface area contributed by atoms with Crippen molar-refractivity contribution in [3.8, 4) is 0 Å². The van der Waals surface area contributed by atoms with E-state index >= 15 is 0 Å². The molecule has 7 heteroatoms. The lowest BCUT2D eigenvalue weighted by molar-refractivity contribution is 0.100. The lowest BCUT2D eigenvalue weighted by Crippen LogP contribution is -2.22. The zero-order valence-electron chi connectivity index (χ0n) is 11.9. The standard InChI is InChI=1S/C15H13N3O4/c1-10-8-13(16-21)9-14(19)18(10)7-6-11-2-4-12(5-3-11)15(20)17-22/h2-5,8-9H,6-7H2,1H3. The number of pyridine rings is 1. The van der Waals surface area contributed by atoms with Crippen molar-refractivity contribution >= 4 is 11.6 Å². The van der Waals surface area contributed by atoms with Crippen molar-refractivity contribution in [2.24, 2.45) is 10.4 Å². The maximum absolute atomic E-state index is 11.9. The summed E-state index contributed by atoms with van der Waals surface area (Å²) in [6.07, 6.45) is 0.567. The molecule has 0 radical (unpaired) electrons. The monoisotopic (exact) mass is 299 g/mol. The number of aromatic nitrogens is 1. The number of nitrogens with zero attached hydrogens (tertiary/aromatic N) is 3. The van der Waals surface area contributed by atoms with Crippen molar-refractivity contribution in [1.29, 1.82) is 0 Å². The summed E-state index contributed by atoms with van der Waals surface area (Å²) in [6.45, 7) is 2.16. The van der Waals surface area contributed by atoms with Crippen LogP contribution >= 0.6 is 0 Å². The zero-order chi connectivity index (χ0) is 16.1. The fraction of sp³-hybridized carbons (Fsp3) is 0.200. The Bertz CT molecular complexity index is 778. The van der Waals surface area contributed by atoms with E-state index in [1.807, 2.05) is 0 Å². The highest BCUT2D eigenvalue weighted by atomic mass is 16.3. The van der Waals surface area contributed by atoms with Crippen LogP contribution in [0.25, 0.3) is 0 Å². The number of aryl methyl sites for hydroxylation is 2. The summed E-state index contributed by atoms with van der Waals surface area (Å²) in [5.41, 5.74) is 1.62. The molecule has 0 aliphatic rings. The van der Waals surface area contributed by atoms with Gasteiger partial charge < -0.3 is 4.57 Å². The van der Waals surface area contributed by atoms with Gasteiger partial charge in [0.2, 0.25) is 0 Å². The van der Waals surface area contributed by atoms with Crippen LogP contribution in [0.5, 0.6) is 0 Å². The van der Waals surface area contributed by atoms with Crippen molar-refractivity contribution in [2.75, 3.05) is 0 Å². The smallest absolute Gasteiger partial charge is 0.312 e. The van der Waals surface area contributed by atoms with E-state index in [0.717, 1.165) is 5.56 Å². The van der Waals surface area contributed by atoms with Crippen LogP contribution in [-0.2, 0) is 13.0 Å². The Morgan fingerprint density at radius 1 is 1.14 bits per heavy atom. The summed E-state index contributed by atoms with van der Waals surface area (Å²) < 4.78 is 1.54. The van der Waals surface area contributed by atoms with Crippen LogP contribution < -0.4 is 5.56 Å². The van der Waals surface area contributed by atoms with Gasteiger partial charge >= 0.3 is 5.91 Å². The number of rotatable bonds is 5. The fourth-order valence-corrected chi connectivity index (χ4v) is 2.16. The average Bonchev–Trinajstić information content (AvgIpc) is 2.53. The van der Waals surface area contributed by atoms with Gasteiger partial charge in [-0.2, -0.15) is 0 Å². The quantitative estimate of drug-likeness (QED) is 0.792. The van der Waals surface area contributed by atoms with Crippen LogP contribution in [-0.4, -0.2) is 10.5 Å². The Balaban J connectivity index is 2.13. The summed E-state index contributed by atoms with van der Waals surface area (Å²) in [6, 6.07) is 9.20. The Kier molecular flexibility index (Phi) is 4.67. The first-order chi connectivity index (χ1) is 10.5. The van der Waals surface area contributed by atoms with Crippen molar-refractivity contribution < 1.29 is 4.79 Å². The van der Waals surface area contributed by atoms with E-state index in [1.165, 1.54) is 18.2 Å². The van der Waals surface area contributed by atoms with Gasteiger partial charge in [-0.05, 0) is 42.3 Å². The maximum atomic E-state index is 11.9. The van der Waals surface area contributed by atoms with Gasteiger partial charge in [0.15, 0.2) is 0 Å². The van der Waals surface area contributed by atoms with Crippen molar-refractivity contribution in [3.05, 3.63) is 73.4 Å². The number of carbonyl (C=O) groups is 1. The zero-order valence-corrected chi connectivity index (χ0v) is 11.9. The average molecular weight is 299 g/mol. The minimum atomic E-state index is -0.810. The van der Waals surface area contributed by atoms with E-state index in [0.29, 0.717) is 18.7 Å². The lowest BCUT2D eigenvalue weighted by atomic mass is 10.1. The van der Waals surface area contributed by atoms with Gasteiger partial charge in [0.1, 0.15) is 5.69 Å². The first kappa shape index (κ1) is 15.4. The van der Waals surface area contributed by atoms with Crippen molar-refractivity contribution in [1.82, 2.24) is 4.57 Å². The van der Waals surface area contributed by atoms with Crippen LogP contribution in [0.1, 0.15) is 21.6 Å². The van der Waals surface area contributed by atoms with Crippen LogP contribution in [0.2, 0.25) is 0 Å². The molecule has 1 heterocycles. The molecule has 0 saturated heterocycles. The Morgan fingerprint density at radius 2 is 1.82 bits per heavy atom. The molecular formula is C15H13N3O4. The van der Waals surface area contributed by atoms with Gasteiger partial charge in [-0.3, -0.25) is 9.59 Å². The van der Waals surface area contributed by atoms with Gasteiger partial charge in [-0.15, -0.1) is 9.81 Å². The maximum Gasteiger partial charge on any atom is 0.316 e. The summed E-state index contributed by atoms with van der Waals surface area (Å²) in [7, 11) is 0. The molecule has 1 amide bonds. The van der Waals surface area contributed by atoms with Gasteiger partial charge in [-0.25, -0.2) is 0 Å². The first-order valence-electron chi connectivity index (χ1n) is 6.56. The van der Waals surface area contributed by atoms with E-state index in [2.05, 4.69) is 10.4 Å². The molecule has 2 rings (SSSR count). The van der Waals surface area contributed by atoms with E-state index < -0.39 is 5.91 Å². The molecule has 1 aromatic heterocycles. The third-order valence-electron chi connectivity index (χ3n) is 3.33. The minimum Gasteiger partial charge on any atom is -0.312 e. The molecule has 112 valence electrons. The summed E-state index contributed by atoms with van der Waals surface area (Å²) in [4.78, 5) is 43.6. The number of hydrogen-bond donors (Lipinski definition) is 0. The Hall–Kier alpha value is -2.96. The highest BCUT2D eigenvalue weighted by Gasteiger charge is 2.06. The van der Waals surface area contributed by atoms with Crippen molar-refractivity contribution in [3.63, 3.8) is 0 Å². The predicted octanol–water partition coefficient (Wildman–Crippen LogP) is 2.70. The van der Waals surface area contributed by atoms with Gasteiger partial charge in [0.25, 0.3) is 5.56 Å². The number of nitroso groups, excluding NO2 is 2. The van der Waals surface area contributed by atoms with E-state index in [-0.39, 0.29) is 16.8 Å². The van der Waals surface area contributed by atoms with E-state index in [9.17, 15) is 19.4 Å². The molecular weight excluding hydrogens is 286 g/mol. The SMILES string of the molecule is Cc1cc(N=O)cc(=O)n1CCc1ccc(C(=O)N=O)cc1. The number of hydrogen-bond acceptors (Lipinski definition) is 5. The molecule has 0 atom stereocenters. The molecule has 0 bridgehead atoms. The molecule has 2 aromatic rings. The summed E-state index contributed by atoms with van der Waals surface area (Å²) >= 11 is 0. The number of amides is 1. The topological polar surface area (TPSA) is 97.9 Å². The van der Waals surface area contributed by atoms with Crippen LogP contribution in [0, 0.1) is 16.7 Å². The minimum absolute atomic E-state index is 0.114. The number of carbonyl (C=O) groups excluding carboxylic acids is 1. The molecule has 0 unspecified atom stereocenters. The largest absolute Gasteiger partial charge is 0.316 e. The molecule has 0 N–H and O–H groups in total. The van der Waals surface area contributed by atoms with Crippen LogP contribution in [0.15, 0.2) is 51.5 Å². The molecule has 0 aliphatic carbocycles. The highest BCUT2D eigenvalue weighted by Crippen LogP contribution is 2.11. The lowest BCUT2D eigenvalue weighted by Gasteiger charge is -2.10. The third kappa shape index (κ3) is 3.38. The first-order valence-corrected chi connectivity index (χ1v) is 6.56. The normalized spacial score (nSPS) is 10.2. The van der Waals surface area contributed by atoms with Crippen LogP contribution in [0.3, 0.4) is 0 Å². The summed E-state index contributed by atoms with van der Waals surface area (Å²) in [5.74, 6) is -0.810. The Morgan fingerprint density at radius 3 is 2.36 bits per heavy atom. The van der Waals surface area contributed by atoms with Crippen LogP contribution in [0.4, 0.5) is 5.69 Å². The second kappa shape index (κ2) is 6.66. The second-order valence-corrected chi connectivity index (χ2v) is 4.78. The van der Waals surface area contributed by atoms with E-state index in [1.54, 1.807) is 29.7 Å². The molecule has 1 aromatic carbocycles. The van der Waals surface area contributed by atoms with Gasteiger partial charge in [0.05, 0.1) is 0 Å². The van der Waals surface area contributed by atoms with E-state index in [4.69, 9.17) is 0 Å². The molecule has 0 fully saturated rings. The van der Waals surface area contributed by atoms with Gasteiger partial charge in [0, 0.05) is 29.0 Å². The predicted molar refractivity (Wildman–Crippen MR) is 81.2 cm³/mol. The Labute approximate surface area is 125 Å². The van der Waals surface area contributed by atoms with Crippen molar-refractivity contribution in [2.45, 2.75) is 19.9 Å². The second-order valence-electron chi connectivity index (χ2n) is 4.78. The highest BCUT2D eigenvalue weighted by molar-refractivity contribution is 5.94. The number of benzene rings is 1.